The highest BCUT2D eigenvalue weighted by Gasteiger charge is 2.09. The number of hydrogen-bond donors (Lipinski definition) is 1. The molecule has 4 nitrogen and oxygen atoms in total. The molecule has 0 saturated heterocycles. The predicted octanol–water partition coefficient (Wildman–Crippen LogP) is 4.48. The van der Waals surface area contributed by atoms with Crippen LogP contribution in [0.2, 0.25) is 5.02 Å². The number of fused-ring (bicyclic) bond motifs is 2. The summed E-state index contributed by atoms with van der Waals surface area (Å²) in [7, 11) is 1.83. The molecule has 0 saturated carbocycles. The van der Waals surface area contributed by atoms with Crippen LogP contribution in [0.5, 0.6) is 0 Å². The van der Waals surface area contributed by atoms with Gasteiger partial charge in [-0.3, -0.25) is 0 Å². The predicted molar refractivity (Wildman–Crippen MR) is 79.3 cm³/mol. The lowest BCUT2D eigenvalue weighted by Crippen LogP contribution is -1.94. The molecular weight excluding hydrogens is 262 g/mol. The van der Waals surface area contributed by atoms with Gasteiger partial charge < -0.3 is 5.32 Å². The van der Waals surface area contributed by atoms with Crippen molar-refractivity contribution in [3.8, 4) is 0 Å². The lowest BCUT2D eigenvalue weighted by atomic mass is 10.1. The fourth-order valence-corrected chi connectivity index (χ4v) is 2.40. The van der Waals surface area contributed by atoms with E-state index in [4.69, 9.17) is 11.6 Å². The van der Waals surface area contributed by atoms with Crippen LogP contribution in [0.4, 0.5) is 11.4 Å². The highest BCUT2D eigenvalue weighted by atomic mass is 35.5. The first-order valence-electron chi connectivity index (χ1n) is 5.77. The molecule has 0 aliphatic rings. The van der Waals surface area contributed by atoms with Crippen molar-refractivity contribution in [3.63, 3.8) is 0 Å². The van der Waals surface area contributed by atoms with Crippen LogP contribution in [0, 0.1) is 4.91 Å². The summed E-state index contributed by atoms with van der Waals surface area (Å²) >= 11 is 6.03. The van der Waals surface area contributed by atoms with Gasteiger partial charge in [-0.25, -0.2) is 4.98 Å². The summed E-state index contributed by atoms with van der Waals surface area (Å²) in [6.45, 7) is 0. The van der Waals surface area contributed by atoms with E-state index in [2.05, 4.69) is 15.5 Å². The number of halogens is 1. The number of rotatable bonds is 2. The molecule has 0 bridgehead atoms. The molecule has 3 aromatic rings. The normalized spacial score (nSPS) is 10.8. The zero-order valence-electron chi connectivity index (χ0n) is 10.1. The second-order valence-electron chi connectivity index (χ2n) is 4.19. The first kappa shape index (κ1) is 11.9. The van der Waals surface area contributed by atoms with Gasteiger partial charge >= 0.3 is 0 Å². The molecular formula is C14H10ClN3O. The Morgan fingerprint density at radius 3 is 2.47 bits per heavy atom. The number of pyridine rings is 1. The molecule has 0 atom stereocenters. The Labute approximate surface area is 114 Å². The molecule has 5 heteroatoms. The van der Waals surface area contributed by atoms with Gasteiger partial charge in [0.1, 0.15) is 5.69 Å². The van der Waals surface area contributed by atoms with E-state index in [1.807, 2.05) is 25.2 Å². The minimum atomic E-state index is 0.382. The number of benzene rings is 2. The van der Waals surface area contributed by atoms with Crippen LogP contribution < -0.4 is 5.32 Å². The van der Waals surface area contributed by atoms with Crippen molar-refractivity contribution in [1.82, 2.24) is 4.98 Å². The van der Waals surface area contributed by atoms with Gasteiger partial charge in [-0.1, -0.05) is 11.6 Å². The summed E-state index contributed by atoms with van der Waals surface area (Å²) in [5.41, 5.74) is 2.94. The van der Waals surface area contributed by atoms with Crippen molar-refractivity contribution in [2.45, 2.75) is 0 Å². The van der Waals surface area contributed by atoms with E-state index in [-0.39, 0.29) is 0 Å². The van der Waals surface area contributed by atoms with E-state index >= 15 is 0 Å². The molecule has 1 aromatic heterocycles. The van der Waals surface area contributed by atoms with Gasteiger partial charge in [0.15, 0.2) is 0 Å². The van der Waals surface area contributed by atoms with Gasteiger partial charge in [0.2, 0.25) is 0 Å². The zero-order valence-corrected chi connectivity index (χ0v) is 10.9. The lowest BCUT2D eigenvalue weighted by molar-refractivity contribution is 1.45. The number of nitroso groups, excluding NO2 is 1. The molecule has 0 spiro atoms. The highest BCUT2D eigenvalue weighted by molar-refractivity contribution is 6.31. The smallest absolute Gasteiger partial charge is 0.108 e. The van der Waals surface area contributed by atoms with E-state index in [1.54, 1.807) is 18.2 Å². The van der Waals surface area contributed by atoms with Crippen LogP contribution in [0.1, 0.15) is 0 Å². The molecule has 1 N–H and O–H groups in total. The van der Waals surface area contributed by atoms with Crippen molar-refractivity contribution in [2.75, 3.05) is 12.4 Å². The fraction of sp³-hybridized carbons (Fsp3) is 0.0714. The van der Waals surface area contributed by atoms with Crippen molar-refractivity contribution >= 4 is 44.8 Å². The van der Waals surface area contributed by atoms with E-state index in [0.717, 1.165) is 27.5 Å². The van der Waals surface area contributed by atoms with Crippen molar-refractivity contribution < 1.29 is 0 Å². The maximum Gasteiger partial charge on any atom is 0.108 e. The average molecular weight is 272 g/mol. The van der Waals surface area contributed by atoms with Crippen molar-refractivity contribution in [1.29, 1.82) is 0 Å². The molecule has 94 valence electrons. The number of nitrogens with one attached hydrogen (secondary N) is 1. The molecule has 0 amide bonds. The Hall–Kier alpha value is -2.20. The van der Waals surface area contributed by atoms with Gasteiger partial charge in [0, 0.05) is 22.8 Å². The Morgan fingerprint density at radius 1 is 1.11 bits per heavy atom. The van der Waals surface area contributed by atoms with E-state index in [9.17, 15) is 4.91 Å². The minimum absolute atomic E-state index is 0.382. The topological polar surface area (TPSA) is 54.4 Å². The maximum absolute atomic E-state index is 10.7. The average Bonchev–Trinajstić information content (AvgIpc) is 2.44. The van der Waals surface area contributed by atoms with E-state index in [1.165, 1.54) is 0 Å². The lowest BCUT2D eigenvalue weighted by Gasteiger charge is -2.10. The second kappa shape index (κ2) is 4.48. The number of anilines is 1. The van der Waals surface area contributed by atoms with Crippen LogP contribution in [0.3, 0.4) is 0 Å². The SMILES string of the molecule is CNc1c2cc(Cl)ccc2nc2ccc(N=O)cc12. The van der Waals surface area contributed by atoms with Crippen LogP contribution in [-0.4, -0.2) is 12.0 Å². The summed E-state index contributed by atoms with van der Waals surface area (Å²) in [5, 5.41) is 8.54. The van der Waals surface area contributed by atoms with Crippen LogP contribution in [0.15, 0.2) is 41.6 Å². The third-order valence-corrected chi connectivity index (χ3v) is 3.31. The number of nitrogens with zero attached hydrogens (tertiary/aromatic N) is 2. The molecule has 1 heterocycles. The molecule has 2 aromatic carbocycles. The van der Waals surface area contributed by atoms with Gasteiger partial charge in [-0.2, -0.15) is 0 Å². The summed E-state index contributed by atoms with van der Waals surface area (Å²) in [4.78, 5) is 15.2. The summed E-state index contributed by atoms with van der Waals surface area (Å²) < 4.78 is 0. The van der Waals surface area contributed by atoms with Crippen LogP contribution in [0.25, 0.3) is 21.8 Å². The summed E-state index contributed by atoms with van der Waals surface area (Å²) in [6.07, 6.45) is 0. The highest BCUT2D eigenvalue weighted by Crippen LogP contribution is 2.33. The quantitative estimate of drug-likeness (QED) is 0.552. The standard InChI is InChI=1S/C14H10ClN3O/c1-16-14-10-6-8(15)2-4-12(10)17-13-5-3-9(18-19)7-11(13)14/h2-7H,1H3,(H,16,17). The summed E-state index contributed by atoms with van der Waals surface area (Å²) in [6, 6.07) is 10.7. The first-order valence-corrected chi connectivity index (χ1v) is 6.15. The summed E-state index contributed by atoms with van der Waals surface area (Å²) in [5.74, 6) is 0. The zero-order chi connectivity index (χ0) is 13.4. The largest absolute Gasteiger partial charge is 0.387 e. The second-order valence-corrected chi connectivity index (χ2v) is 4.63. The Balaban J connectivity index is 2.49. The molecule has 0 aliphatic heterocycles. The number of aromatic nitrogens is 1. The Kier molecular flexibility index (Phi) is 2.80. The van der Waals surface area contributed by atoms with E-state index < -0.39 is 0 Å². The Morgan fingerprint density at radius 2 is 1.79 bits per heavy atom. The molecule has 0 radical (unpaired) electrons. The molecule has 0 fully saturated rings. The van der Waals surface area contributed by atoms with Crippen molar-refractivity contribution in [3.05, 3.63) is 46.3 Å². The van der Waals surface area contributed by atoms with E-state index in [0.29, 0.717) is 10.7 Å². The van der Waals surface area contributed by atoms with Crippen LogP contribution >= 0.6 is 11.6 Å². The molecule has 0 unspecified atom stereocenters. The first-order chi connectivity index (χ1) is 9.22. The minimum Gasteiger partial charge on any atom is -0.387 e. The Bertz CT molecular complexity index is 801. The van der Waals surface area contributed by atoms with Gasteiger partial charge in [-0.05, 0) is 41.6 Å². The molecule has 3 rings (SSSR count). The van der Waals surface area contributed by atoms with Gasteiger partial charge in [0.05, 0.1) is 16.7 Å². The maximum atomic E-state index is 10.7. The van der Waals surface area contributed by atoms with Gasteiger partial charge in [0.25, 0.3) is 0 Å². The monoisotopic (exact) mass is 271 g/mol. The van der Waals surface area contributed by atoms with Crippen molar-refractivity contribution in [2.24, 2.45) is 5.18 Å². The third kappa shape index (κ3) is 1.90. The van der Waals surface area contributed by atoms with Gasteiger partial charge in [-0.15, -0.1) is 4.91 Å². The molecule has 19 heavy (non-hydrogen) atoms. The number of hydrogen-bond acceptors (Lipinski definition) is 4. The fourth-order valence-electron chi connectivity index (χ4n) is 2.23. The molecule has 0 aliphatic carbocycles. The third-order valence-electron chi connectivity index (χ3n) is 3.07. The van der Waals surface area contributed by atoms with Crippen LogP contribution in [-0.2, 0) is 0 Å².